The molecule has 0 saturated heterocycles. The molecule has 0 fully saturated rings. The molecule has 48 heavy (non-hydrogen) atoms. The van der Waals surface area contributed by atoms with E-state index < -0.39 is 27.1 Å². The first-order chi connectivity index (χ1) is 23.3. The van der Waals surface area contributed by atoms with Crippen LogP contribution in [0.15, 0.2) is 162 Å². The Morgan fingerprint density at radius 3 is 1.81 bits per heavy atom. The lowest BCUT2D eigenvalue weighted by atomic mass is 9.77. The number of rotatable bonds is 8. The highest BCUT2D eigenvalue weighted by atomic mass is 35.5. The van der Waals surface area contributed by atoms with E-state index in [4.69, 9.17) is 21.7 Å². The van der Waals surface area contributed by atoms with E-state index in [0.717, 1.165) is 22.8 Å². The molecule has 0 radical (unpaired) electrons. The van der Waals surface area contributed by atoms with E-state index in [1.54, 1.807) is 28.9 Å². The summed E-state index contributed by atoms with van der Waals surface area (Å²) in [6, 6.07) is 41.8. The standard InChI is InChI=1S/C38H26ClFN4O3S/c39-30-21-19-26(20-22-30)37(45)42-35-34-24-33(48(46,47)32-18-10-17-31(40)23-32)25-41-36(34)44(43-35)38(27-11-4-1-5-12-27,28-13-6-2-7-14-28)29-15-8-3-9-16-29/h1-25H,(H,42,43,45). The van der Waals surface area contributed by atoms with Crippen LogP contribution in [0.1, 0.15) is 27.0 Å². The van der Waals surface area contributed by atoms with Gasteiger partial charge < -0.3 is 5.32 Å². The molecule has 0 saturated carbocycles. The largest absolute Gasteiger partial charge is 0.304 e. The van der Waals surface area contributed by atoms with Crippen molar-refractivity contribution in [2.45, 2.75) is 15.3 Å². The maximum Gasteiger partial charge on any atom is 0.256 e. The van der Waals surface area contributed by atoms with Gasteiger partial charge in [-0.2, -0.15) is 5.10 Å². The lowest BCUT2D eigenvalue weighted by Crippen LogP contribution is -2.38. The zero-order valence-corrected chi connectivity index (χ0v) is 26.7. The predicted octanol–water partition coefficient (Wildman–Crippen LogP) is 8.15. The zero-order chi connectivity index (χ0) is 33.3. The molecule has 236 valence electrons. The molecular weight excluding hydrogens is 647 g/mol. The first kappa shape index (κ1) is 31.0. The highest BCUT2D eigenvalue weighted by Crippen LogP contribution is 2.43. The van der Waals surface area contributed by atoms with Gasteiger partial charge in [-0.1, -0.05) is 109 Å². The summed E-state index contributed by atoms with van der Waals surface area (Å²) in [6.07, 6.45) is 1.23. The molecule has 0 spiro atoms. The van der Waals surface area contributed by atoms with E-state index in [9.17, 15) is 17.6 Å². The monoisotopic (exact) mass is 672 g/mol. The Bertz CT molecular complexity index is 2270. The molecular formula is C38H26ClFN4O3S. The summed E-state index contributed by atoms with van der Waals surface area (Å²) in [5.74, 6) is -1.09. The summed E-state index contributed by atoms with van der Waals surface area (Å²) in [6.45, 7) is 0. The number of nitrogens with one attached hydrogen (secondary N) is 1. The molecule has 0 atom stereocenters. The molecule has 1 amide bonds. The molecule has 7 nitrogen and oxygen atoms in total. The quantitative estimate of drug-likeness (QED) is 0.165. The number of hydrogen-bond acceptors (Lipinski definition) is 5. The second-order valence-corrected chi connectivity index (χ2v) is 13.4. The van der Waals surface area contributed by atoms with Gasteiger partial charge in [0, 0.05) is 16.8 Å². The SMILES string of the molecule is O=C(Nc1nn(C(c2ccccc2)(c2ccccc2)c2ccccc2)c2ncc(S(=O)(=O)c3cccc(F)c3)cc12)c1ccc(Cl)cc1. The minimum absolute atomic E-state index is 0.0842. The van der Waals surface area contributed by atoms with Crippen LogP contribution < -0.4 is 5.32 Å². The normalized spacial score (nSPS) is 11.8. The van der Waals surface area contributed by atoms with Gasteiger partial charge in [-0.3, -0.25) is 4.79 Å². The average Bonchev–Trinajstić information content (AvgIpc) is 3.47. The Morgan fingerprint density at radius 2 is 1.27 bits per heavy atom. The van der Waals surface area contributed by atoms with Crippen LogP contribution in [0.3, 0.4) is 0 Å². The number of sulfone groups is 1. The topological polar surface area (TPSA) is 93.9 Å². The molecule has 0 aliphatic rings. The molecule has 0 bridgehead atoms. The van der Waals surface area contributed by atoms with Crippen molar-refractivity contribution in [1.29, 1.82) is 0 Å². The number of nitrogens with zero attached hydrogens (tertiary/aromatic N) is 3. The number of fused-ring (bicyclic) bond motifs is 1. The number of amides is 1. The van der Waals surface area contributed by atoms with Gasteiger partial charge in [0.15, 0.2) is 11.5 Å². The Morgan fingerprint density at radius 1 is 0.708 bits per heavy atom. The van der Waals surface area contributed by atoms with Crippen molar-refractivity contribution in [2.75, 3.05) is 5.32 Å². The molecule has 7 rings (SSSR count). The zero-order valence-electron chi connectivity index (χ0n) is 25.2. The molecule has 1 N–H and O–H groups in total. The van der Waals surface area contributed by atoms with Crippen LogP contribution in [0, 0.1) is 5.82 Å². The smallest absolute Gasteiger partial charge is 0.256 e. The number of pyridine rings is 1. The van der Waals surface area contributed by atoms with Crippen molar-refractivity contribution in [1.82, 2.24) is 14.8 Å². The highest BCUT2D eigenvalue weighted by Gasteiger charge is 2.41. The second kappa shape index (κ2) is 12.5. The van der Waals surface area contributed by atoms with Crippen LogP contribution in [0.4, 0.5) is 10.2 Å². The summed E-state index contributed by atoms with van der Waals surface area (Å²) >= 11 is 6.07. The average molecular weight is 673 g/mol. The number of aromatic nitrogens is 3. The van der Waals surface area contributed by atoms with Crippen molar-refractivity contribution < 1.29 is 17.6 Å². The maximum atomic E-state index is 14.1. The Hall–Kier alpha value is -5.64. The maximum absolute atomic E-state index is 14.1. The van der Waals surface area contributed by atoms with Gasteiger partial charge in [0.25, 0.3) is 5.91 Å². The fraction of sp³-hybridized carbons (Fsp3) is 0.0263. The molecule has 10 heteroatoms. The highest BCUT2D eigenvalue weighted by molar-refractivity contribution is 7.91. The summed E-state index contributed by atoms with van der Waals surface area (Å²) in [5.41, 5.74) is 2.04. The fourth-order valence-electron chi connectivity index (χ4n) is 5.91. The minimum Gasteiger partial charge on any atom is -0.304 e. The Kier molecular flexibility index (Phi) is 8.08. The Labute approximate surface area is 281 Å². The minimum atomic E-state index is -4.20. The lowest BCUT2D eigenvalue weighted by Gasteiger charge is -2.36. The van der Waals surface area contributed by atoms with Crippen LogP contribution in [0.25, 0.3) is 11.0 Å². The van der Waals surface area contributed by atoms with Crippen molar-refractivity contribution in [3.8, 4) is 0 Å². The lowest BCUT2D eigenvalue weighted by molar-refractivity contribution is 0.102. The number of hydrogen-bond donors (Lipinski definition) is 1. The molecule has 0 aliphatic heterocycles. The van der Waals surface area contributed by atoms with Gasteiger partial charge in [-0.15, -0.1) is 0 Å². The third-order valence-electron chi connectivity index (χ3n) is 8.14. The number of carbonyl (C=O) groups is 1. The second-order valence-electron chi connectivity index (χ2n) is 11.0. The van der Waals surface area contributed by atoms with Crippen molar-refractivity contribution in [3.63, 3.8) is 0 Å². The summed E-state index contributed by atoms with van der Waals surface area (Å²) in [4.78, 5) is 17.9. The van der Waals surface area contributed by atoms with Gasteiger partial charge in [-0.05, 0) is 65.2 Å². The van der Waals surface area contributed by atoms with Gasteiger partial charge in [0.05, 0.1) is 15.2 Å². The summed E-state index contributed by atoms with van der Waals surface area (Å²) < 4.78 is 43.4. The predicted molar refractivity (Wildman–Crippen MR) is 183 cm³/mol. The molecule has 0 unspecified atom stereocenters. The van der Waals surface area contributed by atoms with E-state index in [-0.39, 0.29) is 21.0 Å². The molecule has 2 aromatic heterocycles. The van der Waals surface area contributed by atoms with Gasteiger partial charge >= 0.3 is 0 Å². The fourth-order valence-corrected chi connectivity index (χ4v) is 7.30. The third-order valence-corrected chi connectivity index (χ3v) is 10.1. The van der Waals surface area contributed by atoms with Crippen LogP contribution in [0.2, 0.25) is 5.02 Å². The van der Waals surface area contributed by atoms with Crippen LogP contribution in [-0.4, -0.2) is 29.1 Å². The summed E-state index contributed by atoms with van der Waals surface area (Å²) in [7, 11) is -4.20. The van der Waals surface area contributed by atoms with Crippen molar-refractivity contribution in [3.05, 3.63) is 185 Å². The van der Waals surface area contributed by atoms with E-state index in [1.807, 2.05) is 91.0 Å². The number of carbonyl (C=O) groups excluding carboxylic acids is 1. The van der Waals surface area contributed by atoms with Crippen LogP contribution in [0.5, 0.6) is 0 Å². The van der Waals surface area contributed by atoms with E-state index in [1.165, 1.54) is 30.5 Å². The first-order valence-electron chi connectivity index (χ1n) is 14.9. The summed E-state index contributed by atoms with van der Waals surface area (Å²) in [5, 5.41) is 8.65. The first-order valence-corrected chi connectivity index (χ1v) is 16.8. The Balaban J connectivity index is 1.54. The van der Waals surface area contributed by atoms with Gasteiger partial charge in [-0.25, -0.2) is 22.5 Å². The van der Waals surface area contributed by atoms with Crippen molar-refractivity contribution >= 4 is 44.2 Å². The van der Waals surface area contributed by atoms with Crippen LogP contribution in [-0.2, 0) is 15.4 Å². The molecule has 2 heterocycles. The van der Waals surface area contributed by atoms with Gasteiger partial charge in [0.1, 0.15) is 11.4 Å². The third kappa shape index (κ3) is 5.42. The number of benzene rings is 5. The molecule has 7 aromatic rings. The van der Waals surface area contributed by atoms with E-state index >= 15 is 0 Å². The van der Waals surface area contributed by atoms with Crippen molar-refractivity contribution in [2.24, 2.45) is 0 Å². The molecule has 5 aromatic carbocycles. The van der Waals surface area contributed by atoms with Crippen LogP contribution >= 0.6 is 11.6 Å². The molecule has 0 aliphatic carbocycles. The number of halogens is 2. The van der Waals surface area contributed by atoms with E-state index in [0.29, 0.717) is 16.2 Å². The van der Waals surface area contributed by atoms with E-state index in [2.05, 4.69) is 5.32 Å². The van der Waals surface area contributed by atoms with Gasteiger partial charge in [0.2, 0.25) is 9.84 Å². The number of anilines is 1.